The zero-order chi connectivity index (χ0) is 14.5. The van der Waals surface area contributed by atoms with E-state index < -0.39 is 0 Å². The molecule has 0 N–H and O–H groups in total. The van der Waals surface area contributed by atoms with Crippen molar-refractivity contribution in [2.45, 2.75) is 26.2 Å². The third-order valence-corrected chi connectivity index (χ3v) is 3.27. The quantitative estimate of drug-likeness (QED) is 0.840. The normalized spacial score (nSPS) is 10.6. The monoisotopic (exact) mass is 272 g/mol. The average molecular weight is 272 g/mol. The van der Waals surface area contributed by atoms with Crippen molar-refractivity contribution >= 4 is 11.7 Å². The van der Waals surface area contributed by atoms with Crippen LogP contribution in [0.3, 0.4) is 0 Å². The zero-order valence-electron chi connectivity index (χ0n) is 12.2. The molecule has 0 aromatic carbocycles. The van der Waals surface area contributed by atoms with Crippen LogP contribution in [0.5, 0.6) is 0 Å². The number of nitrogens with zero attached hydrogens (tertiary/aromatic N) is 4. The Morgan fingerprint density at radius 2 is 2.25 bits per heavy atom. The summed E-state index contributed by atoms with van der Waals surface area (Å²) in [4.78, 5) is 17.8. The molecule has 0 atom stereocenters. The first-order chi connectivity index (χ1) is 9.63. The molecule has 1 amide bonds. The van der Waals surface area contributed by atoms with Crippen LogP contribution in [-0.4, -0.2) is 27.7 Å². The number of hydrogen-bond acceptors (Lipinski definition) is 3. The van der Waals surface area contributed by atoms with Gasteiger partial charge in [0.25, 0.3) is 0 Å². The third kappa shape index (κ3) is 3.04. The molecule has 2 rings (SSSR count). The molecule has 2 heterocycles. The van der Waals surface area contributed by atoms with Gasteiger partial charge in [0.15, 0.2) is 0 Å². The summed E-state index contributed by atoms with van der Waals surface area (Å²) in [5.74, 6) is 0.914. The van der Waals surface area contributed by atoms with Gasteiger partial charge in [-0.25, -0.2) is 0 Å². The van der Waals surface area contributed by atoms with E-state index in [1.807, 2.05) is 25.2 Å². The van der Waals surface area contributed by atoms with E-state index in [0.29, 0.717) is 6.42 Å². The van der Waals surface area contributed by atoms with Crippen LogP contribution in [0.15, 0.2) is 30.6 Å². The minimum absolute atomic E-state index is 0.118. The van der Waals surface area contributed by atoms with Crippen LogP contribution in [0, 0.1) is 0 Å². The van der Waals surface area contributed by atoms with E-state index in [-0.39, 0.29) is 5.91 Å². The molecule has 20 heavy (non-hydrogen) atoms. The molecule has 0 bridgehead atoms. The van der Waals surface area contributed by atoms with E-state index >= 15 is 0 Å². The van der Waals surface area contributed by atoms with Crippen LogP contribution < -0.4 is 4.90 Å². The van der Waals surface area contributed by atoms with Crippen LogP contribution in [0.1, 0.15) is 26.2 Å². The van der Waals surface area contributed by atoms with Crippen molar-refractivity contribution in [3.8, 4) is 11.3 Å². The molecule has 0 saturated carbocycles. The number of hydrogen-bond donors (Lipinski definition) is 0. The average Bonchev–Trinajstić information content (AvgIpc) is 2.87. The van der Waals surface area contributed by atoms with Crippen molar-refractivity contribution in [1.82, 2.24) is 14.8 Å². The van der Waals surface area contributed by atoms with E-state index in [4.69, 9.17) is 0 Å². The molecule has 0 aliphatic heterocycles. The number of aryl methyl sites for hydroxylation is 1. The Kier molecular flexibility index (Phi) is 4.50. The highest BCUT2D eigenvalue weighted by atomic mass is 16.2. The van der Waals surface area contributed by atoms with E-state index in [0.717, 1.165) is 29.9 Å². The molecule has 5 nitrogen and oxygen atoms in total. The van der Waals surface area contributed by atoms with Crippen LogP contribution >= 0.6 is 0 Å². The molecule has 0 aliphatic rings. The van der Waals surface area contributed by atoms with E-state index in [1.165, 1.54) is 0 Å². The molecule has 2 aromatic rings. The van der Waals surface area contributed by atoms with E-state index in [9.17, 15) is 4.79 Å². The Morgan fingerprint density at radius 1 is 1.45 bits per heavy atom. The summed E-state index contributed by atoms with van der Waals surface area (Å²) in [7, 11) is 3.64. The van der Waals surface area contributed by atoms with Gasteiger partial charge in [-0.05, 0) is 18.6 Å². The smallest absolute Gasteiger partial charge is 0.227 e. The molecule has 5 heteroatoms. The maximum atomic E-state index is 12.1. The lowest BCUT2D eigenvalue weighted by Gasteiger charge is -2.16. The maximum Gasteiger partial charge on any atom is 0.227 e. The minimum atomic E-state index is 0.118. The lowest BCUT2D eigenvalue weighted by Crippen LogP contribution is -2.27. The molecular weight excluding hydrogens is 252 g/mol. The molecule has 2 aromatic heterocycles. The minimum Gasteiger partial charge on any atom is -0.300 e. The van der Waals surface area contributed by atoms with Gasteiger partial charge >= 0.3 is 0 Å². The van der Waals surface area contributed by atoms with Crippen molar-refractivity contribution in [1.29, 1.82) is 0 Å². The van der Waals surface area contributed by atoms with Gasteiger partial charge in [-0.3, -0.25) is 14.5 Å². The van der Waals surface area contributed by atoms with Crippen molar-refractivity contribution in [3.63, 3.8) is 0 Å². The first-order valence-electron chi connectivity index (χ1n) is 6.84. The summed E-state index contributed by atoms with van der Waals surface area (Å²) < 4.78 is 1.73. The molecule has 0 spiro atoms. The summed E-state index contributed by atoms with van der Waals surface area (Å²) in [6.45, 7) is 2.08. The Bertz CT molecular complexity index is 577. The number of carbonyl (C=O) groups excluding carboxylic acids is 1. The highest BCUT2D eigenvalue weighted by molar-refractivity contribution is 5.92. The van der Waals surface area contributed by atoms with Gasteiger partial charge in [0, 0.05) is 44.5 Å². The second-order valence-corrected chi connectivity index (χ2v) is 4.81. The maximum absolute atomic E-state index is 12.1. The molecule has 0 fully saturated rings. The zero-order valence-corrected chi connectivity index (χ0v) is 12.2. The largest absolute Gasteiger partial charge is 0.300 e. The summed E-state index contributed by atoms with van der Waals surface area (Å²) in [6, 6.07) is 5.75. The van der Waals surface area contributed by atoms with Crippen molar-refractivity contribution in [3.05, 3.63) is 30.6 Å². The molecule has 0 aliphatic carbocycles. The van der Waals surface area contributed by atoms with E-state index in [1.54, 1.807) is 29.0 Å². The fraction of sp³-hybridized carbons (Fsp3) is 0.400. The van der Waals surface area contributed by atoms with Gasteiger partial charge in [0.05, 0.1) is 5.69 Å². The first-order valence-corrected chi connectivity index (χ1v) is 6.84. The summed E-state index contributed by atoms with van der Waals surface area (Å²) in [6.07, 6.45) is 6.00. The lowest BCUT2D eigenvalue weighted by atomic mass is 10.2. The Morgan fingerprint density at radius 3 is 2.90 bits per heavy atom. The summed E-state index contributed by atoms with van der Waals surface area (Å²) in [5, 5.41) is 4.45. The lowest BCUT2D eigenvalue weighted by molar-refractivity contribution is -0.118. The van der Waals surface area contributed by atoms with Crippen LogP contribution in [-0.2, 0) is 11.8 Å². The predicted octanol–water partition coefficient (Wildman–Crippen LogP) is 2.64. The summed E-state index contributed by atoms with van der Waals surface area (Å²) >= 11 is 0. The highest BCUT2D eigenvalue weighted by Crippen LogP contribution is 2.22. The number of aromatic nitrogens is 3. The van der Waals surface area contributed by atoms with Gasteiger partial charge in [-0.15, -0.1) is 0 Å². The predicted molar refractivity (Wildman–Crippen MR) is 79.4 cm³/mol. The fourth-order valence-electron chi connectivity index (χ4n) is 2.05. The topological polar surface area (TPSA) is 51.0 Å². The third-order valence-electron chi connectivity index (χ3n) is 3.27. The number of carbonyl (C=O) groups is 1. The fourth-order valence-corrected chi connectivity index (χ4v) is 2.05. The molecule has 0 saturated heterocycles. The number of rotatable bonds is 5. The number of anilines is 1. The number of unbranched alkanes of at least 4 members (excludes halogenated alkanes) is 1. The molecule has 0 unspecified atom stereocenters. The van der Waals surface area contributed by atoms with Gasteiger partial charge in [0.2, 0.25) is 5.91 Å². The van der Waals surface area contributed by atoms with Crippen LogP contribution in [0.2, 0.25) is 0 Å². The highest BCUT2D eigenvalue weighted by Gasteiger charge is 2.16. The molecule has 106 valence electrons. The standard InChI is InChI=1S/C15H20N4O/c1-4-5-8-15(20)18(2)14-10-13(17-19(14)3)12-7-6-9-16-11-12/h6-7,9-11H,4-5,8H2,1-3H3. The van der Waals surface area contributed by atoms with E-state index in [2.05, 4.69) is 17.0 Å². The van der Waals surface area contributed by atoms with Crippen molar-refractivity contribution in [2.75, 3.05) is 11.9 Å². The van der Waals surface area contributed by atoms with Crippen LogP contribution in [0.25, 0.3) is 11.3 Å². The number of pyridine rings is 1. The second kappa shape index (κ2) is 6.32. The number of amides is 1. The molecular formula is C15H20N4O. The Balaban J connectivity index is 2.21. The first kappa shape index (κ1) is 14.2. The Labute approximate surface area is 119 Å². The van der Waals surface area contributed by atoms with Crippen LogP contribution in [0.4, 0.5) is 5.82 Å². The summed E-state index contributed by atoms with van der Waals surface area (Å²) in [5.41, 5.74) is 1.77. The van der Waals surface area contributed by atoms with Crippen molar-refractivity contribution in [2.24, 2.45) is 7.05 Å². The SMILES string of the molecule is CCCCC(=O)N(C)c1cc(-c2cccnc2)nn1C. The Hall–Kier alpha value is -2.17. The second-order valence-electron chi connectivity index (χ2n) is 4.81. The van der Waals surface area contributed by atoms with Gasteiger partial charge in [0.1, 0.15) is 5.82 Å². The van der Waals surface area contributed by atoms with Crippen molar-refractivity contribution < 1.29 is 4.79 Å². The molecule has 0 radical (unpaired) electrons. The van der Waals surface area contributed by atoms with Gasteiger partial charge in [-0.2, -0.15) is 5.10 Å². The van der Waals surface area contributed by atoms with Gasteiger partial charge < -0.3 is 4.90 Å². The van der Waals surface area contributed by atoms with Gasteiger partial charge in [-0.1, -0.05) is 13.3 Å².